The van der Waals surface area contributed by atoms with Gasteiger partial charge in [-0.05, 0) is 53.6 Å². The third-order valence-corrected chi connectivity index (χ3v) is 5.69. The Hall–Kier alpha value is -2.80. The molecule has 3 heterocycles. The van der Waals surface area contributed by atoms with Crippen LogP contribution in [0.2, 0.25) is 0 Å². The number of rotatable bonds is 2. The molecule has 0 fully saturated rings. The van der Waals surface area contributed by atoms with Crippen LogP contribution in [0.25, 0.3) is 21.2 Å². The zero-order valence-electron chi connectivity index (χ0n) is 14.3. The maximum absolute atomic E-state index is 13.2. The van der Waals surface area contributed by atoms with Crippen molar-refractivity contribution < 1.29 is 9.18 Å². The van der Waals surface area contributed by atoms with Crippen molar-refractivity contribution in [2.75, 3.05) is 7.05 Å². The fourth-order valence-electron chi connectivity index (χ4n) is 3.35. The van der Waals surface area contributed by atoms with Gasteiger partial charge in [-0.25, -0.2) is 9.98 Å². The first kappa shape index (κ1) is 16.7. The van der Waals surface area contributed by atoms with Crippen molar-refractivity contribution in [3.63, 3.8) is 0 Å². The van der Waals surface area contributed by atoms with E-state index in [2.05, 4.69) is 9.98 Å². The van der Waals surface area contributed by atoms with E-state index >= 15 is 0 Å². The topological polar surface area (TPSA) is 71.6 Å². The Morgan fingerprint density at radius 3 is 2.81 bits per heavy atom. The molecule has 1 aromatic carbocycles. The quantitative estimate of drug-likeness (QED) is 0.705. The van der Waals surface area contributed by atoms with Gasteiger partial charge in [-0.1, -0.05) is 0 Å². The largest absolute Gasteiger partial charge is 0.369 e. The highest BCUT2D eigenvalue weighted by Gasteiger charge is 2.35. The molecule has 1 aliphatic heterocycles. The number of pyridine rings is 1. The molecule has 1 unspecified atom stereocenters. The first-order valence-corrected chi connectivity index (χ1v) is 9.07. The van der Waals surface area contributed by atoms with Crippen LogP contribution in [0.5, 0.6) is 0 Å². The fraction of sp³-hybridized carbons (Fsp3) is 0.211. The number of nitrogens with two attached hydrogens (primary N) is 1. The molecular weight excluding hydrogens is 351 g/mol. The number of aromatic nitrogens is 1. The Labute approximate surface area is 154 Å². The van der Waals surface area contributed by atoms with Gasteiger partial charge < -0.3 is 5.73 Å². The molecule has 7 heteroatoms. The maximum atomic E-state index is 13.2. The summed E-state index contributed by atoms with van der Waals surface area (Å²) in [5, 5.41) is 3.04. The van der Waals surface area contributed by atoms with Gasteiger partial charge in [0.2, 0.25) is 11.9 Å². The summed E-state index contributed by atoms with van der Waals surface area (Å²) in [6.07, 6.45) is 1.52. The number of carbonyl (C=O) groups is 1. The number of nitrogens with zero attached hydrogens (tertiary/aromatic N) is 3. The molecular formula is C19H17FN4OS. The Bertz CT molecular complexity index is 1030. The lowest BCUT2D eigenvalue weighted by atomic mass is 9.87. The van der Waals surface area contributed by atoms with E-state index in [1.165, 1.54) is 17.2 Å². The van der Waals surface area contributed by atoms with Crippen LogP contribution in [0.4, 0.5) is 4.39 Å². The van der Waals surface area contributed by atoms with Crippen LogP contribution in [0.15, 0.2) is 46.9 Å². The maximum Gasteiger partial charge on any atom is 0.238 e. The minimum absolute atomic E-state index is 0.0808. The van der Waals surface area contributed by atoms with Crippen molar-refractivity contribution in [1.82, 2.24) is 9.88 Å². The zero-order chi connectivity index (χ0) is 18.4. The fourth-order valence-corrected chi connectivity index (χ4v) is 4.27. The number of benzene rings is 1. The smallest absolute Gasteiger partial charge is 0.238 e. The highest BCUT2D eigenvalue weighted by atomic mass is 32.1. The Morgan fingerprint density at radius 2 is 2.08 bits per heavy atom. The van der Waals surface area contributed by atoms with Gasteiger partial charge >= 0.3 is 0 Å². The normalized spacial score (nSPS) is 20.5. The molecule has 1 amide bonds. The number of carbonyl (C=O) groups excluding carboxylic acids is 1. The highest BCUT2D eigenvalue weighted by molar-refractivity contribution is 7.17. The summed E-state index contributed by atoms with van der Waals surface area (Å²) in [6.45, 7) is 1.89. The van der Waals surface area contributed by atoms with E-state index in [1.54, 1.807) is 24.5 Å². The van der Waals surface area contributed by atoms with Crippen molar-refractivity contribution in [2.45, 2.75) is 18.9 Å². The average Bonchev–Trinajstić information content (AvgIpc) is 3.08. The summed E-state index contributed by atoms with van der Waals surface area (Å²) in [7, 11) is 1.63. The number of likely N-dealkylation sites (N-methyl/N-ethyl adjacent to an activating group) is 1. The first-order valence-electron chi connectivity index (χ1n) is 8.19. The summed E-state index contributed by atoms with van der Waals surface area (Å²) < 4.78 is 14.3. The van der Waals surface area contributed by atoms with Crippen LogP contribution < -0.4 is 5.73 Å². The predicted octanol–water partition coefficient (Wildman–Crippen LogP) is 3.36. The molecule has 4 rings (SSSR count). The molecule has 3 aromatic rings. The lowest BCUT2D eigenvalue weighted by Gasteiger charge is -2.31. The van der Waals surface area contributed by atoms with E-state index in [-0.39, 0.29) is 17.9 Å². The van der Waals surface area contributed by atoms with Crippen molar-refractivity contribution >= 4 is 33.3 Å². The Kier molecular flexibility index (Phi) is 3.96. The van der Waals surface area contributed by atoms with Crippen molar-refractivity contribution in [3.8, 4) is 11.1 Å². The number of hydrogen-bond donors (Lipinski definition) is 1. The van der Waals surface area contributed by atoms with Crippen LogP contribution in [-0.4, -0.2) is 34.8 Å². The second-order valence-electron chi connectivity index (χ2n) is 6.38. The van der Waals surface area contributed by atoms with E-state index in [0.717, 1.165) is 26.8 Å². The third-order valence-electron chi connectivity index (χ3n) is 4.73. The lowest BCUT2D eigenvalue weighted by Crippen LogP contribution is -2.48. The molecule has 26 heavy (non-hydrogen) atoms. The molecule has 2 aromatic heterocycles. The van der Waals surface area contributed by atoms with Gasteiger partial charge in [0.05, 0.1) is 12.0 Å². The van der Waals surface area contributed by atoms with E-state index in [9.17, 15) is 9.18 Å². The summed E-state index contributed by atoms with van der Waals surface area (Å²) in [4.78, 5) is 22.4. The van der Waals surface area contributed by atoms with Gasteiger partial charge in [0, 0.05) is 29.1 Å². The Morgan fingerprint density at radius 1 is 1.27 bits per heavy atom. The van der Waals surface area contributed by atoms with Crippen LogP contribution in [0.3, 0.4) is 0 Å². The molecule has 0 aliphatic carbocycles. The number of amides is 1. The number of halogens is 1. The number of thiophene rings is 1. The second kappa shape index (κ2) is 6.17. The average molecular weight is 368 g/mol. The van der Waals surface area contributed by atoms with Gasteiger partial charge in [0.15, 0.2) is 5.96 Å². The monoisotopic (exact) mass is 368 g/mol. The highest BCUT2D eigenvalue weighted by Crippen LogP contribution is 2.38. The van der Waals surface area contributed by atoms with E-state index in [4.69, 9.17) is 5.73 Å². The van der Waals surface area contributed by atoms with E-state index < -0.39 is 11.9 Å². The predicted molar refractivity (Wildman–Crippen MR) is 102 cm³/mol. The van der Waals surface area contributed by atoms with Crippen molar-refractivity contribution in [1.29, 1.82) is 0 Å². The Balaban J connectivity index is 1.89. The minimum atomic E-state index is -0.519. The molecule has 0 radical (unpaired) electrons. The van der Waals surface area contributed by atoms with Crippen LogP contribution in [-0.2, 0) is 4.79 Å². The molecule has 0 saturated heterocycles. The minimum Gasteiger partial charge on any atom is -0.369 e. The molecule has 2 atom stereocenters. The van der Waals surface area contributed by atoms with Gasteiger partial charge in [0.1, 0.15) is 0 Å². The van der Waals surface area contributed by atoms with Crippen molar-refractivity contribution in [2.24, 2.45) is 10.7 Å². The zero-order valence-corrected chi connectivity index (χ0v) is 15.1. The molecule has 132 valence electrons. The molecule has 5 nitrogen and oxygen atoms in total. The lowest BCUT2D eigenvalue weighted by molar-refractivity contribution is -0.129. The van der Waals surface area contributed by atoms with Crippen molar-refractivity contribution in [3.05, 3.63) is 53.4 Å². The molecule has 2 N–H and O–H groups in total. The first-order chi connectivity index (χ1) is 12.5. The van der Waals surface area contributed by atoms with Crippen LogP contribution in [0.1, 0.15) is 18.4 Å². The third kappa shape index (κ3) is 2.64. The molecule has 0 bridgehead atoms. The SMILES string of the molecule is C[C@@H]1N=C(N)N(C)C(=O)C1c1cc(-c2ccc(F)nc2)c2sccc2c1. The number of aliphatic imine (C=N–C) groups is 1. The molecule has 1 aliphatic rings. The standard InChI is InChI=1S/C19H17FN4OS/c1-10-16(18(25)24(2)19(21)23-10)13-7-11-5-6-26-17(11)14(8-13)12-3-4-15(20)22-9-12/h3-10,16H,1-2H3,(H2,21,23)/t10-,16?/m0/s1. The number of hydrogen-bond acceptors (Lipinski definition) is 5. The van der Waals surface area contributed by atoms with Gasteiger partial charge in [-0.2, -0.15) is 4.39 Å². The number of fused-ring (bicyclic) bond motifs is 1. The molecule has 0 saturated carbocycles. The van der Waals surface area contributed by atoms with Gasteiger partial charge in [-0.3, -0.25) is 9.69 Å². The summed E-state index contributed by atoms with van der Waals surface area (Å²) in [5.74, 6) is -0.778. The second-order valence-corrected chi connectivity index (χ2v) is 7.30. The van der Waals surface area contributed by atoms with Crippen LogP contribution >= 0.6 is 11.3 Å². The van der Waals surface area contributed by atoms with E-state index in [1.807, 2.05) is 30.5 Å². The molecule has 0 spiro atoms. The summed E-state index contributed by atoms with van der Waals surface area (Å²) in [6, 6.07) is 8.81. The van der Waals surface area contributed by atoms with E-state index in [0.29, 0.717) is 0 Å². The summed E-state index contributed by atoms with van der Waals surface area (Å²) >= 11 is 1.61. The summed E-state index contributed by atoms with van der Waals surface area (Å²) in [5.41, 5.74) is 8.44. The van der Waals surface area contributed by atoms with Crippen LogP contribution in [0, 0.1) is 5.95 Å². The van der Waals surface area contributed by atoms with Gasteiger partial charge in [0.25, 0.3) is 0 Å². The van der Waals surface area contributed by atoms with Gasteiger partial charge in [-0.15, -0.1) is 11.3 Å². The number of guanidine groups is 1.